The summed E-state index contributed by atoms with van der Waals surface area (Å²) < 4.78 is 11.7. The number of aryl methyl sites for hydroxylation is 1. The first-order valence-corrected chi connectivity index (χ1v) is 9.97. The number of rotatable bonds is 6. The Hall–Kier alpha value is -2.08. The van der Waals surface area contributed by atoms with Crippen LogP contribution in [0.2, 0.25) is 0 Å². The fourth-order valence-electron chi connectivity index (χ4n) is 3.88. The maximum Gasteiger partial charge on any atom is 0.289 e. The summed E-state index contributed by atoms with van der Waals surface area (Å²) >= 11 is 0. The zero-order valence-electron chi connectivity index (χ0n) is 16.2. The molecule has 0 bridgehead atoms. The Morgan fingerprint density at radius 1 is 1.22 bits per heavy atom. The van der Waals surface area contributed by atoms with Gasteiger partial charge in [-0.15, -0.1) is 6.58 Å². The first-order chi connectivity index (χ1) is 13.1. The number of carbonyl (C=O) groups excluding carboxylic acids is 2. The number of piperidine rings is 1. The lowest BCUT2D eigenvalue weighted by molar-refractivity contribution is -0.147. The second kappa shape index (κ2) is 8.74. The Morgan fingerprint density at radius 3 is 2.67 bits per heavy atom. The normalized spacial score (nSPS) is 19.3. The number of likely N-dealkylation sites (tertiary alicyclic amines) is 1. The number of carbonyl (C=O) groups is 2. The Kier molecular flexibility index (Phi) is 6.37. The molecule has 0 saturated carbocycles. The van der Waals surface area contributed by atoms with Crippen molar-refractivity contribution in [1.82, 2.24) is 9.80 Å². The van der Waals surface area contributed by atoms with E-state index in [1.807, 2.05) is 28.9 Å². The van der Waals surface area contributed by atoms with Gasteiger partial charge >= 0.3 is 0 Å². The van der Waals surface area contributed by atoms with E-state index in [0.29, 0.717) is 45.0 Å². The highest BCUT2D eigenvalue weighted by atomic mass is 16.5. The monoisotopic (exact) mass is 374 g/mol. The average Bonchev–Trinajstić information content (AvgIpc) is 3.17. The first kappa shape index (κ1) is 19.7. The lowest BCUT2D eigenvalue weighted by Gasteiger charge is -2.47. The van der Waals surface area contributed by atoms with Gasteiger partial charge in [0.15, 0.2) is 5.76 Å². The molecule has 6 nitrogen and oxygen atoms in total. The quantitative estimate of drug-likeness (QED) is 0.567. The van der Waals surface area contributed by atoms with Crippen molar-refractivity contribution in [1.29, 1.82) is 0 Å². The van der Waals surface area contributed by atoms with E-state index in [1.165, 1.54) is 0 Å². The summed E-state index contributed by atoms with van der Waals surface area (Å²) in [6.07, 6.45) is 6.45. The van der Waals surface area contributed by atoms with Gasteiger partial charge < -0.3 is 19.0 Å². The molecular formula is C21H30N2O4. The minimum Gasteiger partial charge on any atom is -0.456 e. The average molecular weight is 374 g/mol. The Morgan fingerprint density at radius 2 is 2.00 bits per heavy atom. The lowest BCUT2D eigenvalue weighted by atomic mass is 9.89. The SMILES string of the molecule is C=CCCCC(=O)N1CCC2(CC1)CN(C(=O)c1ccc(CC)o1)CCO2. The third-order valence-electron chi connectivity index (χ3n) is 5.58. The van der Waals surface area contributed by atoms with Crippen molar-refractivity contribution >= 4 is 11.8 Å². The van der Waals surface area contributed by atoms with Crippen LogP contribution in [0.3, 0.4) is 0 Å². The van der Waals surface area contributed by atoms with Gasteiger partial charge in [-0.1, -0.05) is 13.0 Å². The minimum absolute atomic E-state index is 0.0692. The molecule has 2 fully saturated rings. The summed E-state index contributed by atoms with van der Waals surface area (Å²) in [6.45, 7) is 8.75. The zero-order valence-corrected chi connectivity index (χ0v) is 16.2. The number of furan rings is 1. The van der Waals surface area contributed by atoms with Gasteiger partial charge in [0.1, 0.15) is 5.76 Å². The standard InChI is InChI=1S/C21H30N2O4/c1-3-5-6-7-19(24)22-12-10-21(11-13-22)16-23(14-15-26-21)20(25)18-9-8-17(4-2)27-18/h3,8-9H,1,4-7,10-16H2,2H3. The second-order valence-corrected chi connectivity index (χ2v) is 7.44. The highest BCUT2D eigenvalue weighted by Crippen LogP contribution is 2.31. The molecule has 2 saturated heterocycles. The van der Waals surface area contributed by atoms with Crippen molar-refractivity contribution in [2.45, 2.75) is 51.0 Å². The number of hydrogen-bond acceptors (Lipinski definition) is 4. The van der Waals surface area contributed by atoms with Gasteiger partial charge in [0.2, 0.25) is 5.91 Å². The number of ether oxygens (including phenoxy) is 1. The molecule has 3 rings (SSSR count). The molecule has 0 atom stereocenters. The number of nitrogens with zero attached hydrogens (tertiary/aromatic N) is 2. The van der Waals surface area contributed by atoms with E-state index in [4.69, 9.17) is 9.15 Å². The molecule has 3 heterocycles. The minimum atomic E-state index is -0.341. The van der Waals surface area contributed by atoms with Gasteiger partial charge in [0.05, 0.1) is 18.8 Å². The molecule has 6 heteroatoms. The first-order valence-electron chi connectivity index (χ1n) is 9.97. The third kappa shape index (κ3) is 4.61. The van der Waals surface area contributed by atoms with Crippen LogP contribution in [0.5, 0.6) is 0 Å². The van der Waals surface area contributed by atoms with Crippen molar-refractivity contribution in [3.63, 3.8) is 0 Å². The van der Waals surface area contributed by atoms with E-state index < -0.39 is 0 Å². The summed E-state index contributed by atoms with van der Waals surface area (Å²) in [4.78, 5) is 28.9. The molecule has 0 radical (unpaired) electrons. The van der Waals surface area contributed by atoms with Gasteiger partial charge in [-0.2, -0.15) is 0 Å². The van der Waals surface area contributed by atoms with Crippen LogP contribution in [0.25, 0.3) is 0 Å². The maximum atomic E-state index is 12.8. The number of amides is 2. The van der Waals surface area contributed by atoms with Gasteiger partial charge in [-0.05, 0) is 37.8 Å². The predicted molar refractivity (Wildman–Crippen MR) is 103 cm³/mol. The molecule has 2 aliphatic rings. The van der Waals surface area contributed by atoms with Crippen LogP contribution in [0.15, 0.2) is 29.2 Å². The molecule has 1 aromatic heterocycles. The van der Waals surface area contributed by atoms with E-state index in [9.17, 15) is 9.59 Å². The van der Waals surface area contributed by atoms with Gasteiger partial charge in [0.25, 0.3) is 5.91 Å². The Balaban J connectivity index is 1.55. The number of allylic oxidation sites excluding steroid dienone is 1. The van der Waals surface area contributed by atoms with Gasteiger partial charge in [0, 0.05) is 32.5 Å². The van der Waals surface area contributed by atoms with Gasteiger partial charge in [-0.25, -0.2) is 0 Å². The van der Waals surface area contributed by atoms with E-state index in [0.717, 1.165) is 37.9 Å². The molecule has 0 aromatic carbocycles. The molecule has 0 N–H and O–H groups in total. The predicted octanol–water partition coefficient (Wildman–Crippen LogP) is 3.03. The smallest absolute Gasteiger partial charge is 0.289 e. The fourth-order valence-corrected chi connectivity index (χ4v) is 3.88. The van der Waals surface area contributed by atoms with Crippen LogP contribution >= 0.6 is 0 Å². The number of morpholine rings is 1. The highest BCUT2D eigenvalue weighted by molar-refractivity contribution is 5.91. The van der Waals surface area contributed by atoms with Crippen molar-refractivity contribution < 1.29 is 18.7 Å². The molecule has 27 heavy (non-hydrogen) atoms. The molecule has 1 spiro atoms. The van der Waals surface area contributed by atoms with Crippen LogP contribution in [0.4, 0.5) is 0 Å². The highest BCUT2D eigenvalue weighted by Gasteiger charge is 2.42. The second-order valence-electron chi connectivity index (χ2n) is 7.44. The Bertz CT molecular complexity index is 673. The topological polar surface area (TPSA) is 63.0 Å². The van der Waals surface area contributed by atoms with Crippen LogP contribution < -0.4 is 0 Å². The molecular weight excluding hydrogens is 344 g/mol. The lowest BCUT2D eigenvalue weighted by Crippen LogP contribution is -2.58. The van der Waals surface area contributed by atoms with Crippen molar-refractivity contribution in [2.24, 2.45) is 0 Å². The Labute approximate surface area is 161 Å². The van der Waals surface area contributed by atoms with Crippen molar-refractivity contribution in [2.75, 3.05) is 32.8 Å². The number of hydrogen-bond donors (Lipinski definition) is 0. The number of unbranched alkanes of at least 4 members (excludes halogenated alkanes) is 1. The van der Waals surface area contributed by atoms with Crippen LogP contribution in [-0.2, 0) is 16.0 Å². The summed E-state index contributed by atoms with van der Waals surface area (Å²) in [6, 6.07) is 3.62. The summed E-state index contributed by atoms with van der Waals surface area (Å²) in [5.74, 6) is 1.36. The molecule has 0 unspecified atom stereocenters. The zero-order chi connectivity index (χ0) is 19.3. The summed E-state index contributed by atoms with van der Waals surface area (Å²) in [7, 11) is 0. The fraction of sp³-hybridized carbons (Fsp3) is 0.619. The van der Waals surface area contributed by atoms with E-state index >= 15 is 0 Å². The van der Waals surface area contributed by atoms with E-state index in [1.54, 1.807) is 6.07 Å². The van der Waals surface area contributed by atoms with Crippen molar-refractivity contribution in [3.05, 3.63) is 36.3 Å². The third-order valence-corrected chi connectivity index (χ3v) is 5.58. The molecule has 0 aliphatic carbocycles. The van der Waals surface area contributed by atoms with Crippen LogP contribution in [0.1, 0.15) is 55.3 Å². The van der Waals surface area contributed by atoms with Crippen LogP contribution in [-0.4, -0.2) is 60.0 Å². The summed E-state index contributed by atoms with van der Waals surface area (Å²) in [5, 5.41) is 0. The van der Waals surface area contributed by atoms with Crippen molar-refractivity contribution in [3.8, 4) is 0 Å². The molecule has 2 amide bonds. The summed E-state index contributed by atoms with van der Waals surface area (Å²) in [5.41, 5.74) is -0.341. The van der Waals surface area contributed by atoms with Gasteiger partial charge in [-0.3, -0.25) is 9.59 Å². The largest absolute Gasteiger partial charge is 0.456 e. The molecule has 2 aliphatic heterocycles. The molecule has 1 aromatic rings. The van der Waals surface area contributed by atoms with E-state index in [2.05, 4.69) is 6.58 Å². The van der Waals surface area contributed by atoms with Crippen LogP contribution in [0, 0.1) is 0 Å². The molecule has 148 valence electrons. The van der Waals surface area contributed by atoms with E-state index in [-0.39, 0.29) is 17.4 Å². The maximum absolute atomic E-state index is 12.8.